The molecule has 0 aromatic carbocycles. The van der Waals surface area contributed by atoms with Crippen LogP contribution in [0.4, 0.5) is 5.82 Å². The fourth-order valence-corrected chi connectivity index (χ4v) is 2.79. The van der Waals surface area contributed by atoms with Gasteiger partial charge in [-0.3, -0.25) is 0 Å². The van der Waals surface area contributed by atoms with Crippen molar-refractivity contribution in [3.8, 4) is 0 Å². The molecule has 6 nitrogen and oxygen atoms in total. The predicted molar refractivity (Wildman–Crippen MR) is 84.8 cm³/mol. The van der Waals surface area contributed by atoms with E-state index < -0.39 is 0 Å². The Morgan fingerprint density at radius 3 is 2.95 bits per heavy atom. The molecule has 1 saturated heterocycles. The SMILES string of the molecule is CCCN(Cc1nccn1C)c1cc([C@H]2CCOC2)ncn1. The number of hydrogen-bond acceptors (Lipinski definition) is 5. The maximum absolute atomic E-state index is 5.47. The molecular weight excluding hydrogens is 278 g/mol. The zero-order valence-corrected chi connectivity index (χ0v) is 13.3. The van der Waals surface area contributed by atoms with Crippen molar-refractivity contribution in [2.24, 2.45) is 7.05 Å². The average Bonchev–Trinajstić information content (AvgIpc) is 3.19. The fraction of sp³-hybridized carbons (Fsp3) is 0.562. The lowest BCUT2D eigenvalue weighted by Crippen LogP contribution is -2.26. The molecule has 1 aliphatic rings. The summed E-state index contributed by atoms with van der Waals surface area (Å²) in [5.41, 5.74) is 1.09. The highest BCUT2D eigenvalue weighted by molar-refractivity contribution is 5.40. The van der Waals surface area contributed by atoms with Crippen molar-refractivity contribution in [3.05, 3.63) is 36.3 Å². The Hall–Kier alpha value is -1.95. The lowest BCUT2D eigenvalue weighted by atomic mass is 10.0. The van der Waals surface area contributed by atoms with Crippen LogP contribution in [0.2, 0.25) is 0 Å². The van der Waals surface area contributed by atoms with Crippen LogP contribution in [0.15, 0.2) is 24.8 Å². The molecule has 118 valence electrons. The molecule has 0 aliphatic carbocycles. The minimum Gasteiger partial charge on any atom is -0.381 e. The Morgan fingerprint density at radius 2 is 2.27 bits per heavy atom. The van der Waals surface area contributed by atoms with Crippen molar-refractivity contribution in [3.63, 3.8) is 0 Å². The quantitative estimate of drug-likeness (QED) is 0.818. The molecular formula is C16H23N5O. The van der Waals surface area contributed by atoms with Gasteiger partial charge in [-0.2, -0.15) is 0 Å². The number of anilines is 1. The van der Waals surface area contributed by atoms with E-state index in [2.05, 4.69) is 37.4 Å². The number of aryl methyl sites for hydroxylation is 1. The lowest BCUT2D eigenvalue weighted by molar-refractivity contribution is 0.193. The highest BCUT2D eigenvalue weighted by Crippen LogP contribution is 2.25. The largest absolute Gasteiger partial charge is 0.381 e. The van der Waals surface area contributed by atoms with Crippen LogP contribution in [0.5, 0.6) is 0 Å². The molecule has 1 aliphatic heterocycles. The summed E-state index contributed by atoms with van der Waals surface area (Å²) in [5.74, 6) is 2.41. The van der Waals surface area contributed by atoms with E-state index in [-0.39, 0.29) is 0 Å². The van der Waals surface area contributed by atoms with E-state index in [4.69, 9.17) is 4.74 Å². The Morgan fingerprint density at radius 1 is 1.36 bits per heavy atom. The van der Waals surface area contributed by atoms with E-state index in [1.807, 2.05) is 19.4 Å². The number of rotatable bonds is 6. The Labute approximate surface area is 131 Å². The van der Waals surface area contributed by atoms with E-state index in [0.717, 1.165) is 56.5 Å². The average molecular weight is 301 g/mol. The van der Waals surface area contributed by atoms with Gasteiger partial charge in [0.2, 0.25) is 0 Å². The highest BCUT2D eigenvalue weighted by atomic mass is 16.5. The monoisotopic (exact) mass is 301 g/mol. The van der Waals surface area contributed by atoms with Gasteiger partial charge in [-0.25, -0.2) is 15.0 Å². The molecule has 0 spiro atoms. The molecule has 3 rings (SSSR count). The molecule has 3 heterocycles. The maximum atomic E-state index is 5.47. The van der Waals surface area contributed by atoms with Crippen molar-refractivity contribution >= 4 is 5.82 Å². The van der Waals surface area contributed by atoms with Crippen LogP contribution in [0, 0.1) is 0 Å². The number of ether oxygens (including phenoxy) is 1. The first-order valence-corrected chi connectivity index (χ1v) is 7.88. The predicted octanol–water partition coefficient (Wildman–Crippen LogP) is 2.13. The fourth-order valence-electron chi connectivity index (χ4n) is 2.79. The van der Waals surface area contributed by atoms with Gasteiger partial charge in [-0.05, 0) is 12.8 Å². The number of aromatic nitrogens is 4. The van der Waals surface area contributed by atoms with Crippen LogP contribution in [0.25, 0.3) is 0 Å². The van der Waals surface area contributed by atoms with Gasteiger partial charge in [0.05, 0.1) is 18.8 Å². The van der Waals surface area contributed by atoms with E-state index in [9.17, 15) is 0 Å². The van der Waals surface area contributed by atoms with Gasteiger partial charge in [-0.1, -0.05) is 6.92 Å². The van der Waals surface area contributed by atoms with Crippen LogP contribution in [-0.2, 0) is 18.3 Å². The van der Waals surface area contributed by atoms with Crippen molar-refractivity contribution in [2.75, 3.05) is 24.7 Å². The first kappa shape index (κ1) is 15.0. The third kappa shape index (κ3) is 3.27. The second-order valence-electron chi connectivity index (χ2n) is 5.74. The molecule has 0 saturated carbocycles. The van der Waals surface area contributed by atoms with Crippen molar-refractivity contribution in [1.29, 1.82) is 0 Å². The van der Waals surface area contributed by atoms with Crippen LogP contribution in [0.3, 0.4) is 0 Å². The van der Waals surface area contributed by atoms with Gasteiger partial charge in [0.1, 0.15) is 18.0 Å². The van der Waals surface area contributed by atoms with E-state index >= 15 is 0 Å². The lowest BCUT2D eigenvalue weighted by Gasteiger charge is -2.23. The molecule has 22 heavy (non-hydrogen) atoms. The van der Waals surface area contributed by atoms with Crippen molar-refractivity contribution in [1.82, 2.24) is 19.5 Å². The molecule has 6 heteroatoms. The summed E-state index contributed by atoms with van der Waals surface area (Å²) in [5, 5.41) is 0. The van der Waals surface area contributed by atoms with E-state index in [1.54, 1.807) is 6.33 Å². The van der Waals surface area contributed by atoms with Crippen molar-refractivity contribution < 1.29 is 4.74 Å². The molecule has 1 atom stereocenters. The molecule has 0 amide bonds. The Balaban J connectivity index is 1.81. The first-order valence-electron chi connectivity index (χ1n) is 7.88. The van der Waals surface area contributed by atoms with Crippen molar-refractivity contribution in [2.45, 2.75) is 32.2 Å². The molecule has 1 fully saturated rings. The summed E-state index contributed by atoms with van der Waals surface area (Å²) in [6, 6.07) is 2.11. The Kier molecular flexibility index (Phi) is 4.68. The third-order valence-corrected chi connectivity index (χ3v) is 4.09. The molecule has 2 aromatic heterocycles. The molecule has 0 N–H and O–H groups in total. The van der Waals surface area contributed by atoms with Gasteiger partial charge in [-0.15, -0.1) is 0 Å². The summed E-state index contributed by atoms with van der Waals surface area (Å²) in [6.45, 7) is 5.48. The van der Waals surface area contributed by atoms with Crippen LogP contribution in [-0.4, -0.2) is 39.3 Å². The molecule has 0 bridgehead atoms. The Bertz CT molecular complexity index is 606. The summed E-state index contributed by atoms with van der Waals surface area (Å²) in [4.78, 5) is 15.6. The minimum atomic E-state index is 0.401. The number of imidazole rings is 1. The normalized spacial score (nSPS) is 17.8. The topological polar surface area (TPSA) is 56.1 Å². The van der Waals surface area contributed by atoms with Gasteiger partial charge in [0.15, 0.2) is 0 Å². The van der Waals surface area contributed by atoms with Gasteiger partial charge in [0, 0.05) is 44.6 Å². The zero-order valence-electron chi connectivity index (χ0n) is 13.3. The first-order chi connectivity index (χ1) is 10.8. The van der Waals surface area contributed by atoms with Crippen LogP contribution < -0.4 is 4.90 Å². The van der Waals surface area contributed by atoms with E-state index in [0.29, 0.717) is 5.92 Å². The number of nitrogens with zero attached hydrogens (tertiary/aromatic N) is 5. The summed E-state index contributed by atoms with van der Waals surface area (Å²) >= 11 is 0. The number of hydrogen-bond donors (Lipinski definition) is 0. The second kappa shape index (κ2) is 6.87. The molecule has 0 unspecified atom stereocenters. The standard InChI is InChI=1S/C16H23N5O/c1-3-6-21(10-16-17-5-7-20(16)2)15-9-14(18-12-19-15)13-4-8-22-11-13/h5,7,9,12-13H,3-4,6,8,10-11H2,1-2H3/t13-/m0/s1. The van der Waals surface area contributed by atoms with Crippen LogP contribution in [0.1, 0.15) is 37.2 Å². The second-order valence-corrected chi connectivity index (χ2v) is 5.74. The maximum Gasteiger partial charge on any atom is 0.132 e. The zero-order chi connectivity index (χ0) is 15.4. The van der Waals surface area contributed by atoms with Crippen LogP contribution >= 0.6 is 0 Å². The summed E-state index contributed by atoms with van der Waals surface area (Å²) in [6.07, 6.45) is 7.59. The molecule has 2 aromatic rings. The summed E-state index contributed by atoms with van der Waals surface area (Å²) in [7, 11) is 2.02. The van der Waals surface area contributed by atoms with Gasteiger partial charge < -0.3 is 14.2 Å². The smallest absolute Gasteiger partial charge is 0.132 e. The third-order valence-electron chi connectivity index (χ3n) is 4.09. The minimum absolute atomic E-state index is 0.401. The summed E-state index contributed by atoms with van der Waals surface area (Å²) < 4.78 is 7.52. The molecule has 0 radical (unpaired) electrons. The van der Waals surface area contributed by atoms with Gasteiger partial charge in [0.25, 0.3) is 0 Å². The van der Waals surface area contributed by atoms with E-state index in [1.165, 1.54) is 0 Å². The highest BCUT2D eigenvalue weighted by Gasteiger charge is 2.20. The van der Waals surface area contributed by atoms with Gasteiger partial charge >= 0.3 is 0 Å².